The van der Waals surface area contributed by atoms with Crippen LogP contribution in [-0.4, -0.2) is 64.0 Å². The highest BCUT2D eigenvalue weighted by Crippen LogP contribution is 2.37. The van der Waals surface area contributed by atoms with Gasteiger partial charge in [0.2, 0.25) is 0 Å². The molecule has 2 aromatic rings. The average Bonchev–Trinajstić information content (AvgIpc) is 3.15. The van der Waals surface area contributed by atoms with Crippen LogP contribution in [0, 0.1) is 0 Å². The van der Waals surface area contributed by atoms with Crippen LogP contribution in [0.25, 0.3) is 0 Å². The summed E-state index contributed by atoms with van der Waals surface area (Å²) in [5.41, 5.74) is 0. The molecule has 33 heavy (non-hydrogen) atoms. The van der Waals surface area contributed by atoms with E-state index in [-0.39, 0.29) is 23.8 Å². The molecule has 176 valence electrons. The summed E-state index contributed by atoms with van der Waals surface area (Å²) in [6, 6.07) is 18.2. The van der Waals surface area contributed by atoms with Gasteiger partial charge < -0.3 is 13.9 Å². The molecular formula is C25H31NO6Si. The Morgan fingerprint density at radius 3 is 1.88 bits per heavy atom. The molecule has 0 bridgehead atoms. The fraction of sp³-hybridized carbons (Fsp3) is 0.400. The standard InChI is InChI=1S/C25H31NO6Si/c1-25(2,3)33(19-12-8-6-9-13-19,20-14-10-7-11-15-20)32-17-18-16-21(27)22(23(28)30-4)26(18)24(29)31-5/h6-15,18,22H,16-17H2,1-5H3/t18-,22?/m0/s1. The maximum Gasteiger partial charge on any atom is 0.410 e. The molecule has 8 heteroatoms. The minimum atomic E-state index is -2.88. The van der Waals surface area contributed by atoms with E-state index in [1.807, 2.05) is 36.4 Å². The smallest absolute Gasteiger partial charge is 0.410 e. The zero-order chi connectivity index (χ0) is 24.2. The molecule has 1 heterocycles. The highest BCUT2D eigenvalue weighted by molar-refractivity contribution is 6.99. The molecule has 1 amide bonds. The normalized spacial score (nSPS) is 18.8. The van der Waals surface area contributed by atoms with Gasteiger partial charge in [0, 0.05) is 6.42 Å². The Kier molecular flexibility index (Phi) is 7.39. The third-order valence-corrected chi connectivity index (χ3v) is 11.1. The minimum absolute atomic E-state index is 0.00688. The van der Waals surface area contributed by atoms with Crippen molar-refractivity contribution in [2.45, 2.75) is 44.3 Å². The lowest BCUT2D eigenvalue weighted by molar-refractivity contribution is -0.148. The molecule has 0 aromatic heterocycles. The number of hydrogen-bond acceptors (Lipinski definition) is 6. The molecule has 2 aromatic carbocycles. The molecular weight excluding hydrogens is 438 g/mol. The van der Waals surface area contributed by atoms with Crippen molar-refractivity contribution in [3.63, 3.8) is 0 Å². The first-order chi connectivity index (χ1) is 15.7. The molecule has 0 spiro atoms. The molecule has 0 aliphatic carbocycles. The molecule has 1 aliphatic rings. The monoisotopic (exact) mass is 469 g/mol. The van der Waals surface area contributed by atoms with Crippen LogP contribution in [0.15, 0.2) is 60.7 Å². The maximum atomic E-state index is 12.7. The van der Waals surface area contributed by atoms with Crippen molar-refractivity contribution in [3.8, 4) is 0 Å². The quantitative estimate of drug-likeness (QED) is 0.367. The summed E-state index contributed by atoms with van der Waals surface area (Å²) in [5, 5.41) is 1.90. The van der Waals surface area contributed by atoms with Gasteiger partial charge in [0.05, 0.1) is 26.9 Å². The number of amides is 1. The molecule has 3 rings (SSSR count). The molecule has 1 fully saturated rings. The Balaban J connectivity index is 2.05. The van der Waals surface area contributed by atoms with Gasteiger partial charge in [0.1, 0.15) is 0 Å². The Bertz CT molecular complexity index is 949. The van der Waals surface area contributed by atoms with Gasteiger partial charge in [0.15, 0.2) is 11.8 Å². The molecule has 0 N–H and O–H groups in total. The maximum absolute atomic E-state index is 12.7. The summed E-state index contributed by atoms with van der Waals surface area (Å²) in [7, 11) is -0.464. The zero-order valence-electron chi connectivity index (χ0n) is 19.7. The van der Waals surface area contributed by atoms with E-state index in [1.54, 1.807) is 0 Å². The van der Waals surface area contributed by atoms with E-state index >= 15 is 0 Å². The largest absolute Gasteiger partial charge is 0.467 e. The summed E-state index contributed by atoms with van der Waals surface area (Å²) in [5.74, 6) is -1.17. The van der Waals surface area contributed by atoms with Gasteiger partial charge in [-0.25, -0.2) is 9.59 Å². The highest BCUT2D eigenvalue weighted by atomic mass is 28.4. The highest BCUT2D eigenvalue weighted by Gasteiger charge is 2.53. The van der Waals surface area contributed by atoms with Gasteiger partial charge in [-0.15, -0.1) is 0 Å². The van der Waals surface area contributed by atoms with Crippen molar-refractivity contribution >= 4 is 36.5 Å². The molecule has 1 aliphatic heterocycles. The van der Waals surface area contributed by atoms with Crippen LogP contribution < -0.4 is 10.4 Å². The zero-order valence-corrected chi connectivity index (χ0v) is 20.7. The van der Waals surface area contributed by atoms with E-state index < -0.39 is 32.5 Å². The van der Waals surface area contributed by atoms with Crippen LogP contribution in [0.2, 0.25) is 5.04 Å². The number of esters is 1. The first-order valence-electron chi connectivity index (χ1n) is 10.9. The second-order valence-corrected chi connectivity index (χ2v) is 13.4. The number of ether oxygens (including phenoxy) is 2. The Morgan fingerprint density at radius 1 is 0.939 bits per heavy atom. The first-order valence-corrected chi connectivity index (χ1v) is 12.8. The van der Waals surface area contributed by atoms with Crippen molar-refractivity contribution in [3.05, 3.63) is 60.7 Å². The molecule has 1 unspecified atom stereocenters. The molecule has 7 nitrogen and oxygen atoms in total. The minimum Gasteiger partial charge on any atom is -0.467 e. The fourth-order valence-electron chi connectivity index (χ4n) is 4.65. The van der Waals surface area contributed by atoms with Crippen LogP contribution >= 0.6 is 0 Å². The van der Waals surface area contributed by atoms with Crippen molar-refractivity contribution < 1.29 is 28.3 Å². The summed E-state index contributed by atoms with van der Waals surface area (Å²) >= 11 is 0. The van der Waals surface area contributed by atoms with Crippen LogP contribution in [0.1, 0.15) is 27.2 Å². The topological polar surface area (TPSA) is 82.1 Å². The molecule has 2 atom stereocenters. The number of likely N-dealkylation sites (tertiary alicyclic amines) is 1. The van der Waals surface area contributed by atoms with Crippen LogP contribution in [0.5, 0.6) is 0 Å². The number of methoxy groups -OCH3 is 2. The molecule has 0 saturated carbocycles. The van der Waals surface area contributed by atoms with Crippen molar-refractivity contribution in [1.82, 2.24) is 4.90 Å². The lowest BCUT2D eigenvalue weighted by atomic mass is 10.2. The predicted octanol–water partition coefficient (Wildman–Crippen LogP) is 2.51. The summed E-state index contributed by atoms with van der Waals surface area (Å²) in [6.07, 6.45) is -0.764. The number of carbonyl (C=O) groups excluding carboxylic acids is 3. The Labute approximate surface area is 195 Å². The number of Topliss-reactive ketones (excluding diaryl/α,β-unsaturated/α-hetero) is 1. The number of rotatable bonds is 6. The summed E-state index contributed by atoms with van der Waals surface area (Å²) in [6.45, 7) is 6.53. The van der Waals surface area contributed by atoms with Gasteiger partial charge in [0.25, 0.3) is 8.32 Å². The van der Waals surface area contributed by atoms with Crippen molar-refractivity contribution in [2.75, 3.05) is 20.8 Å². The Hall–Kier alpha value is -2.97. The Morgan fingerprint density at radius 2 is 1.45 bits per heavy atom. The van der Waals surface area contributed by atoms with E-state index in [0.717, 1.165) is 15.3 Å². The van der Waals surface area contributed by atoms with E-state index in [4.69, 9.17) is 13.9 Å². The van der Waals surface area contributed by atoms with Gasteiger partial charge in [-0.1, -0.05) is 81.4 Å². The average molecular weight is 470 g/mol. The van der Waals surface area contributed by atoms with Gasteiger partial charge in [-0.2, -0.15) is 0 Å². The van der Waals surface area contributed by atoms with E-state index in [1.165, 1.54) is 14.2 Å². The summed E-state index contributed by atoms with van der Waals surface area (Å²) in [4.78, 5) is 38.7. The number of hydrogen-bond donors (Lipinski definition) is 0. The van der Waals surface area contributed by atoms with E-state index in [2.05, 4.69) is 45.0 Å². The second-order valence-electron chi connectivity index (χ2n) is 9.10. The van der Waals surface area contributed by atoms with Crippen LogP contribution in [0.3, 0.4) is 0 Å². The van der Waals surface area contributed by atoms with Crippen LogP contribution in [-0.2, 0) is 23.5 Å². The third kappa shape index (κ3) is 4.58. The molecule has 0 radical (unpaired) electrons. The van der Waals surface area contributed by atoms with E-state index in [9.17, 15) is 14.4 Å². The van der Waals surface area contributed by atoms with E-state index in [0.29, 0.717) is 0 Å². The van der Waals surface area contributed by atoms with Crippen molar-refractivity contribution in [1.29, 1.82) is 0 Å². The number of ketones is 1. The number of benzene rings is 2. The van der Waals surface area contributed by atoms with Gasteiger partial charge in [-0.05, 0) is 15.4 Å². The predicted molar refractivity (Wildman–Crippen MR) is 127 cm³/mol. The SMILES string of the molecule is COC(=O)C1C(=O)C[C@@H](CO[Si](c2ccccc2)(c2ccccc2)C(C)(C)C)N1C(=O)OC. The van der Waals surface area contributed by atoms with Crippen LogP contribution in [0.4, 0.5) is 4.79 Å². The van der Waals surface area contributed by atoms with Gasteiger partial charge >= 0.3 is 12.1 Å². The fourth-order valence-corrected chi connectivity index (χ4v) is 9.24. The second kappa shape index (κ2) is 9.89. The molecule has 1 saturated heterocycles. The lowest BCUT2D eigenvalue weighted by Crippen LogP contribution is -2.67. The number of nitrogens with zero attached hydrogens (tertiary/aromatic N) is 1. The summed E-state index contributed by atoms with van der Waals surface area (Å²) < 4.78 is 16.5. The third-order valence-electron chi connectivity index (χ3n) is 6.13. The van der Waals surface area contributed by atoms with Gasteiger partial charge in [-0.3, -0.25) is 9.69 Å². The lowest BCUT2D eigenvalue weighted by Gasteiger charge is -2.44. The number of carbonyl (C=O) groups is 3. The first kappa shape index (κ1) is 24.7. The van der Waals surface area contributed by atoms with Crippen molar-refractivity contribution in [2.24, 2.45) is 0 Å².